The molecule has 1 aromatic carbocycles. The maximum Gasteiger partial charge on any atom is 0.269 e. The van der Waals surface area contributed by atoms with Crippen molar-refractivity contribution in [3.05, 3.63) is 51.8 Å². The van der Waals surface area contributed by atoms with E-state index in [1.807, 2.05) is 13.0 Å². The lowest BCUT2D eigenvalue weighted by Crippen LogP contribution is -2.63. The van der Waals surface area contributed by atoms with E-state index in [2.05, 4.69) is 5.32 Å². The molecule has 14 heteroatoms. The van der Waals surface area contributed by atoms with Crippen LogP contribution in [-0.4, -0.2) is 93.7 Å². The van der Waals surface area contributed by atoms with Crippen molar-refractivity contribution in [3.8, 4) is 0 Å². The monoisotopic (exact) mass is 620 g/mol. The quantitative estimate of drug-likeness (QED) is 0.0725. The van der Waals surface area contributed by atoms with Gasteiger partial charge in [-0.25, -0.2) is 0 Å². The van der Waals surface area contributed by atoms with Gasteiger partial charge in [0.15, 0.2) is 0 Å². The molecule has 0 aromatic heterocycles. The van der Waals surface area contributed by atoms with Crippen molar-refractivity contribution in [2.45, 2.75) is 107 Å². The standard InChI is InChI=1S/C30H48N6O8/c1-3-20-27(38)24(42-15-30(20,2)39)12-19-22(32)13-23(33)28(26(19)37)44-29-21(31)10-9-18(43-29)14-35-25(34)11-6-16-4-7-17(8-5-16)36(40)41/h4-5,7-9,19-24,26-29,37-39H,3,6,10-15,31-33H2,1-2H3,(H2,34,35)/t19-,20+,21+,22+,23?,24+,26+,27+,28+,29+,30-/m0/s1. The molecule has 246 valence electrons. The Balaban J connectivity index is 1.30. The number of aryl methyl sites for hydroxylation is 1. The van der Waals surface area contributed by atoms with E-state index in [4.69, 9.17) is 36.8 Å². The van der Waals surface area contributed by atoms with E-state index in [1.165, 1.54) is 12.1 Å². The fourth-order valence-corrected chi connectivity index (χ4v) is 6.53. The van der Waals surface area contributed by atoms with E-state index >= 15 is 0 Å². The summed E-state index contributed by atoms with van der Waals surface area (Å²) in [5.74, 6) is -0.0301. The minimum Gasteiger partial charge on any atom is -0.466 e. The van der Waals surface area contributed by atoms with Crippen LogP contribution < -0.4 is 22.5 Å². The SMILES string of the molecule is CC[C@@H]1[C@@H](O)[C@@H](C[C@@H]2[C@@H](O)[C@H](O[C@H]3OC(CNC(=N)CCc4ccc([N+](=O)[O-])cc4)=CC[C@H]3N)C(N)C[C@H]2N)OC[C@]1(C)O. The van der Waals surface area contributed by atoms with Crippen LogP contribution in [0.25, 0.3) is 0 Å². The van der Waals surface area contributed by atoms with Gasteiger partial charge in [0.25, 0.3) is 5.69 Å². The second-order valence-corrected chi connectivity index (χ2v) is 12.6. The van der Waals surface area contributed by atoms with Crippen LogP contribution >= 0.6 is 0 Å². The molecular weight excluding hydrogens is 572 g/mol. The normalized spacial score (nSPS) is 37.5. The Morgan fingerprint density at radius 1 is 1.18 bits per heavy atom. The highest BCUT2D eigenvalue weighted by atomic mass is 16.7. The number of benzene rings is 1. The predicted molar refractivity (Wildman–Crippen MR) is 162 cm³/mol. The average Bonchev–Trinajstić information content (AvgIpc) is 2.97. The first-order chi connectivity index (χ1) is 20.8. The van der Waals surface area contributed by atoms with Crippen molar-refractivity contribution in [1.29, 1.82) is 5.41 Å². The van der Waals surface area contributed by atoms with Crippen molar-refractivity contribution in [2.24, 2.45) is 29.0 Å². The number of aliphatic hydroxyl groups is 3. The molecule has 4 rings (SSSR count). The topological polar surface area (TPSA) is 245 Å². The minimum atomic E-state index is -1.15. The van der Waals surface area contributed by atoms with E-state index in [0.717, 1.165) is 5.56 Å². The molecule has 0 radical (unpaired) electrons. The van der Waals surface area contributed by atoms with E-state index in [1.54, 1.807) is 19.1 Å². The van der Waals surface area contributed by atoms with Gasteiger partial charge in [-0.2, -0.15) is 0 Å². The molecule has 44 heavy (non-hydrogen) atoms. The molecule has 1 aromatic rings. The number of hydrogen-bond donors (Lipinski definition) is 8. The third-order valence-corrected chi connectivity index (χ3v) is 9.23. The number of non-ortho nitro benzene ring substituents is 1. The highest BCUT2D eigenvalue weighted by molar-refractivity contribution is 5.79. The van der Waals surface area contributed by atoms with Crippen molar-refractivity contribution >= 4 is 11.5 Å². The van der Waals surface area contributed by atoms with E-state index in [0.29, 0.717) is 37.9 Å². The molecule has 1 aliphatic carbocycles. The van der Waals surface area contributed by atoms with Gasteiger partial charge in [-0.1, -0.05) is 19.1 Å². The molecule has 14 nitrogen and oxygen atoms in total. The lowest BCUT2D eigenvalue weighted by atomic mass is 9.72. The van der Waals surface area contributed by atoms with Gasteiger partial charge in [0.2, 0.25) is 6.29 Å². The molecule has 0 spiro atoms. The summed E-state index contributed by atoms with van der Waals surface area (Å²) in [5, 5.41) is 55.1. The Kier molecular flexibility index (Phi) is 11.3. The maximum atomic E-state index is 11.4. The zero-order valence-electron chi connectivity index (χ0n) is 25.4. The summed E-state index contributed by atoms with van der Waals surface area (Å²) in [4.78, 5) is 10.4. The molecule has 11 atom stereocenters. The highest BCUT2D eigenvalue weighted by Gasteiger charge is 2.49. The molecule has 0 bridgehead atoms. The van der Waals surface area contributed by atoms with Crippen molar-refractivity contribution in [2.75, 3.05) is 13.2 Å². The summed E-state index contributed by atoms with van der Waals surface area (Å²) in [6.07, 6.45) is 0.168. The Bertz CT molecular complexity index is 1170. The molecule has 2 fully saturated rings. The zero-order valence-corrected chi connectivity index (χ0v) is 25.4. The maximum absolute atomic E-state index is 11.4. The van der Waals surface area contributed by atoms with Crippen LogP contribution in [-0.2, 0) is 20.6 Å². The zero-order chi connectivity index (χ0) is 32.2. The number of nitro groups is 1. The molecular formula is C30H48N6O8. The average molecular weight is 621 g/mol. The lowest BCUT2D eigenvalue weighted by Gasteiger charge is -2.48. The molecule has 2 aliphatic heterocycles. The van der Waals surface area contributed by atoms with Crippen molar-refractivity contribution < 1.29 is 34.5 Å². The Hall–Kier alpha value is -2.69. The number of rotatable bonds is 11. The summed E-state index contributed by atoms with van der Waals surface area (Å²) in [5.41, 5.74) is 18.9. The van der Waals surface area contributed by atoms with E-state index in [9.17, 15) is 25.4 Å². The van der Waals surface area contributed by atoms with Crippen LogP contribution in [0.4, 0.5) is 5.69 Å². The number of nitro benzene ring substituents is 1. The van der Waals surface area contributed by atoms with Crippen LogP contribution in [0, 0.1) is 27.4 Å². The second kappa shape index (κ2) is 14.6. The third kappa shape index (κ3) is 8.12. The first kappa shape index (κ1) is 34.2. The molecule has 2 heterocycles. The molecule has 1 unspecified atom stereocenters. The van der Waals surface area contributed by atoms with Gasteiger partial charge < -0.3 is 52.0 Å². The minimum absolute atomic E-state index is 0.0238. The Morgan fingerprint density at radius 3 is 2.55 bits per heavy atom. The summed E-state index contributed by atoms with van der Waals surface area (Å²) < 4.78 is 18.1. The summed E-state index contributed by atoms with van der Waals surface area (Å²) >= 11 is 0. The third-order valence-electron chi connectivity index (χ3n) is 9.23. The number of amidine groups is 1. The molecule has 1 saturated carbocycles. The Labute approximate surface area is 257 Å². The van der Waals surface area contributed by atoms with Gasteiger partial charge in [-0.3, -0.25) is 15.5 Å². The van der Waals surface area contributed by atoms with Gasteiger partial charge in [-0.15, -0.1) is 0 Å². The molecule has 0 amide bonds. The first-order valence-corrected chi connectivity index (χ1v) is 15.3. The number of nitrogens with two attached hydrogens (primary N) is 3. The predicted octanol–water partition coefficient (Wildman–Crippen LogP) is 0.399. The highest BCUT2D eigenvalue weighted by Crippen LogP contribution is 2.38. The van der Waals surface area contributed by atoms with Gasteiger partial charge in [0.1, 0.15) is 11.9 Å². The number of aliphatic hydroxyl groups excluding tert-OH is 2. The number of nitrogens with zero attached hydrogens (tertiary/aromatic N) is 1. The van der Waals surface area contributed by atoms with Crippen LogP contribution in [0.5, 0.6) is 0 Å². The van der Waals surface area contributed by atoms with Crippen molar-refractivity contribution in [1.82, 2.24) is 5.32 Å². The van der Waals surface area contributed by atoms with Crippen molar-refractivity contribution in [3.63, 3.8) is 0 Å². The molecule has 11 N–H and O–H groups in total. The number of hydrogen-bond acceptors (Lipinski definition) is 12. The van der Waals surface area contributed by atoms with Crippen LogP contribution in [0.3, 0.4) is 0 Å². The van der Waals surface area contributed by atoms with Gasteiger partial charge >= 0.3 is 0 Å². The second-order valence-electron chi connectivity index (χ2n) is 12.6. The number of ether oxygens (including phenoxy) is 3. The number of nitrogens with one attached hydrogen (secondary N) is 2. The van der Waals surface area contributed by atoms with Gasteiger partial charge in [-0.05, 0) is 50.7 Å². The van der Waals surface area contributed by atoms with E-state index < -0.39 is 65.3 Å². The first-order valence-electron chi connectivity index (χ1n) is 15.3. The molecule has 3 aliphatic rings. The van der Waals surface area contributed by atoms with Crippen LogP contribution in [0.1, 0.15) is 51.5 Å². The fourth-order valence-electron chi connectivity index (χ4n) is 6.53. The molecule has 1 saturated heterocycles. The summed E-state index contributed by atoms with van der Waals surface area (Å²) in [6, 6.07) is 4.72. The lowest BCUT2D eigenvalue weighted by molar-refractivity contribution is -0.384. The van der Waals surface area contributed by atoms with E-state index in [-0.39, 0.29) is 37.0 Å². The smallest absolute Gasteiger partial charge is 0.269 e. The van der Waals surface area contributed by atoms with Crippen LogP contribution in [0.2, 0.25) is 0 Å². The van der Waals surface area contributed by atoms with Gasteiger partial charge in [0, 0.05) is 42.5 Å². The summed E-state index contributed by atoms with van der Waals surface area (Å²) in [6.45, 7) is 3.87. The van der Waals surface area contributed by atoms with Gasteiger partial charge in [0.05, 0.1) is 53.9 Å². The Morgan fingerprint density at radius 2 is 1.89 bits per heavy atom. The van der Waals surface area contributed by atoms with Crippen LogP contribution in [0.15, 0.2) is 36.1 Å². The fraction of sp³-hybridized carbons (Fsp3) is 0.700. The largest absolute Gasteiger partial charge is 0.466 e. The summed E-state index contributed by atoms with van der Waals surface area (Å²) in [7, 11) is 0.